The summed E-state index contributed by atoms with van der Waals surface area (Å²) in [5, 5.41) is 7.50. The van der Waals surface area contributed by atoms with Crippen LogP contribution >= 0.6 is 15.9 Å². The fourth-order valence-corrected chi connectivity index (χ4v) is 1.79. The number of hydrogen-bond donors (Lipinski definition) is 2. The predicted molar refractivity (Wildman–Crippen MR) is 78.0 cm³/mol. The summed E-state index contributed by atoms with van der Waals surface area (Å²) >= 11 is 3.34. The minimum atomic E-state index is -0.00681. The van der Waals surface area contributed by atoms with Gasteiger partial charge in [-0.2, -0.15) is 0 Å². The molecule has 1 aromatic carbocycles. The monoisotopic (exact) mass is 330 g/mol. The molecule has 0 aliphatic rings. The maximum Gasteiger partial charge on any atom is 0.130 e. The first-order valence-electron chi connectivity index (χ1n) is 5.98. The van der Waals surface area contributed by atoms with Crippen molar-refractivity contribution in [2.24, 2.45) is 5.73 Å². The molecule has 0 radical (unpaired) electrons. The molecule has 0 atom stereocenters. The summed E-state index contributed by atoms with van der Waals surface area (Å²) in [6.07, 6.45) is 0.775. The van der Waals surface area contributed by atoms with Gasteiger partial charge in [0.05, 0.1) is 25.4 Å². The van der Waals surface area contributed by atoms with E-state index in [-0.39, 0.29) is 5.84 Å². The molecule has 106 valence electrons. The number of benzene rings is 1. The summed E-state index contributed by atoms with van der Waals surface area (Å²) in [7, 11) is 1.64. The number of rotatable bonds is 9. The number of nitrogens with two attached hydrogens (primary N) is 1. The van der Waals surface area contributed by atoms with Gasteiger partial charge < -0.3 is 19.9 Å². The van der Waals surface area contributed by atoms with E-state index in [1.807, 2.05) is 6.07 Å². The van der Waals surface area contributed by atoms with Gasteiger partial charge in [0.25, 0.3) is 0 Å². The van der Waals surface area contributed by atoms with E-state index >= 15 is 0 Å². The smallest absolute Gasteiger partial charge is 0.130 e. The van der Waals surface area contributed by atoms with Crippen molar-refractivity contribution >= 4 is 21.8 Å². The van der Waals surface area contributed by atoms with Crippen molar-refractivity contribution in [2.45, 2.75) is 6.42 Å². The summed E-state index contributed by atoms with van der Waals surface area (Å²) in [6, 6.07) is 5.43. The molecular formula is C13H19BrN2O3. The van der Waals surface area contributed by atoms with E-state index in [0.29, 0.717) is 37.7 Å². The molecule has 0 heterocycles. The Morgan fingerprint density at radius 3 is 2.74 bits per heavy atom. The zero-order chi connectivity index (χ0) is 14.1. The summed E-state index contributed by atoms with van der Waals surface area (Å²) in [5.74, 6) is 0.611. The van der Waals surface area contributed by atoms with E-state index in [2.05, 4.69) is 15.9 Å². The maximum absolute atomic E-state index is 7.50. The van der Waals surface area contributed by atoms with Gasteiger partial charge in [0.1, 0.15) is 11.6 Å². The average molecular weight is 331 g/mol. The molecule has 0 amide bonds. The Hall–Kier alpha value is -1.11. The van der Waals surface area contributed by atoms with Crippen LogP contribution in [0.2, 0.25) is 0 Å². The van der Waals surface area contributed by atoms with Crippen molar-refractivity contribution in [3.8, 4) is 5.75 Å². The molecule has 0 unspecified atom stereocenters. The van der Waals surface area contributed by atoms with Crippen LogP contribution < -0.4 is 10.5 Å². The largest absolute Gasteiger partial charge is 0.493 e. The van der Waals surface area contributed by atoms with Gasteiger partial charge in [0.2, 0.25) is 0 Å². The van der Waals surface area contributed by atoms with Crippen LogP contribution in [0.5, 0.6) is 5.75 Å². The van der Waals surface area contributed by atoms with Gasteiger partial charge in [-0.3, -0.25) is 5.41 Å². The zero-order valence-corrected chi connectivity index (χ0v) is 12.5. The summed E-state index contributed by atoms with van der Waals surface area (Å²) < 4.78 is 16.7. The number of methoxy groups -OCH3 is 1. The number of halogens is 1. The molecule has 0 aliphatic heterocycles. The Kier molecular flexibility index (Phi) is 7.47. The highest BCUT2D eigenvalue weighted by Crippen LogP contribution is 2.22. The lowest BCUT2D eigenvalue weighted by Crippen LogP contribution is -2.14. The quantitative estimate of drug-likeness (QED) is 0.413. The Labute approximate surface area is 121 Å². The number of amidine groups is 1. The van der Waals surface area contributed by atoms with Crippen molar-refractivity contribution < 1.29 is 14.2 Å². The standard InChI is InChI=1S/C13H19BrN2O3/c1-17-7-8-18-5-2-6-19-12-4-3-10(14)9-11(12)13(15)16/h3-4,9H,2,5-8H2,1H3,(H3,15,16). The first-order valence-corrected chi connectivity index (χ1v) is 6.78. The van der Waals surface area contributed by atoms with Gasteiger partial charge in [0, 0.05) is 24.6 Å². The number of hydrogen-bond acceptors (Lipinski definition) is 4. The highest BCUT2D eigenvalue weighted by molar-refractivity contribution is 9.10. The lowest BCUT2D eigenvalue weighted by atomic mass is 10.2. The van der Waals surface area contributed by atoms with Crippen molar-refractivity contribution in [1.29, 1.82) is 5.41 Å². The van der Waals surface area contributed by atoms with Crippen LogP contribution in [-0.2, 0) is 9.47 Å². The van der Waals surface area contributed by atoms with Crippen molar-refractivity contribution in [3.05, 3.63) is 28.2 Å². The van der Waals surface area contributed by atoms with Gasteiger partial charge >= 0.3 is 0 Å². The number of nitrogen functional groups attached to an aromatic ring is 1. The van der Waals surface area contributed by atoms with Gasteiger partial charge in [-0.05, 0) is 18.2 Å². The molecule has 0 bridgehead atoms. The summed E-state index contributed by atoms with van der Waals surface area (Å²) in [4.78, 5) is 0. The third-order valence-corrected chi connectivity index (χ3v) is 2.85. The van der Waals surface area contributed by atoms with Crippen LogP contribution in [-0.4, -0.2) is 39.4 Å². The molecule has 3 N–H and O–H groups in total. The van der Waals surface area contributed by atoms with Crippen LogP contribution in [0.1, 0.15) is 12.0 Å². The van der Waals surface area contributed by atoms with E-state index in [4.69, 9.17) is 25.4 Å². The SMILES string of the molecule is COCCOCCCOc1ccc(Br)cc1C(=N)N. The normalized spacial score (nSPS) is 10.4. The van der Waals surface area contributed by atoms with E-state index < -0.39 is 0 Å². The third kappa shape index (κ3) is 6.04. The summed E-state index contributed by atoms with van der Waals surface area (Å²) in [6.45, 7) is 2.33. The lowest BCUT2D eigenvalue weighted by Gasteiger charge is -2.11. The van der Waals surface area contributed by atoms with Gasteiger partial charge in [0.15, 0.2) is 0 Å². The molecule has 0 spiro atoms. The Morgan fingerprint density at radius 2 is 2.05 bits per heavy atom. The zero-order valence-electron chi connectivity index (χ0n) is 10.9. The fraction of sp³-hybridized carbons (Fsp3) is 0.462. The fourth-order valence-electron chi connectivity index (χ4n) is 1.43. The molecule has 19 heavy (non-hydrogen) atoms. The molecule has 1 rings (SSSR count). The molecule has 0 saturated carbocycles. The second-order valence-electron chi connectivity index (χ2n) is 3.86. The minimum absolute atomic E-state index is 0.00681. The maximum atomic E-state index is 7.50. The molecular weight excluding hydrogens is 312 g/mol. The Balaban J connectivity index is 2.35. The minimum Gasteiger partial charge on any atom is -0.493 e. The molecule has 0 saturated heterocycles. The topological polar surface area (TPSA) is 77.6 Å². The van der Waals surface area contributed by atoms with Crippen molar-refractivity contribution in [3.63, 3.8) is 0 Å². The van der Waals surface area contributed by atoms with Crippen molar-refractivity contribution in [1.82, 2.24) is 0 Å². The van der Waals surface area contributed by atoms with E-state index in [9.17, 15) is 0 Å². The van der Waals surface area contributed by atoms with Crippen LogP contribution in [0.3, 0.4) is 0 Å². The summed E-state index contributed by atoms with van der Waals surface area (Å²) in [5.41, 5.74) is 6.10. The molecule has 5 nitrogen and oxygen atoms in total. The number of nitrogens with one attached hydrogen (secondary N) is 1. The van der Waals surface area contributed by atoms with E-state index in [0.717, 1.165) is 10.9 Å². The average Bonchev–Trinajstić information content (AvgIpc) is 2.39. The van der Waals surface area contributed by atoms with Crippen LogP contribution in [0.25, 0.3) is 0 Å². The van der Waals surface area contributed by atoms with Crippen LogP contribution in [0.4, 0.5) is 0 Å². The highest BCUT2D eigenvalue weighted by atomic mass is 79.9. The predicted octanol–water partition coefficient (Wildman–Crippen LogP) is 2.17. The number of ether oxygens (including phenoxy) is 3. The van der Waals surface area contributed by atoms with Crippen LogP contribution in [0, 0.1) is 5.41 Å². The molecule has 1 aromatic rings. The van der Waals surface area contributed by atoms with Crippen molar-refractivity contribution in [2.75, 3.05) is 33.5 Å². The van der Waals surface area contributed by atoms with Gasteiger partial charge in [-0.25, -0.2) is 0 Å². The lowest BCUT2D eigenvalue weighted by molar-refractivity contribution is 0.0644. The van der Waals surface area contributed by atoms with Crippen LogP contribution in [0.15, 0.2) is 22.7 Å². The van der Waals surface area contributed by atoms with Gasteiger partial charge in [-0.1, -0.05) is 15.9 Å². The first kappa shape index (κ1) is 15.9. The second-order valence-corrected chi connectivity index (χ2v) is 4.78. The Bertz CT molecular complexity index is 413. The first-order chi connectivity index (χ1) is 9.15. The molecule has 0 fully saturated rings. The van der Waals surface area contributed by atoms with E-state index in [1.54, 1.807) is 19.2 Å². The molecule has 0 aliphatic carbocycles. The third-order valence-electron chi connectivity index (χ3n) is 2.35. The molecule has 0 aromatic heterocycles. The highest BCUT2D eigenvalue weighted by Gasteiger charge is 2.07. The van der Waals surface area contributed by atoms with Gasteiger partial charge in [-0.15, -0.1) is 0 Å². The second kappa shape index (κ2) is 8.90. The van der Waals surface area contributed by atoms with E-state index in [1.165, 1.54) is 0 Å². The molecule has 6 heteroatoms. The Morgan fingerprint density at radius 1 is 1.26 bits per heavy atom.